The number of hydrogen-bond donors (Lipinski definition) is 1. The topological polar surface area (TPSA) is 64.8 Å². The van der Waals surface area contributed by atoms with E-state index in [-0.39, 0.29) is 11.9 Å². The number of amides is 1. The molecule has 0 saturated carbocycles. The second-order valence-corrected chi connectivity index (χ2v) is 5.38. The molecule has 2 unspecified atom stereocenters. The summed E-state index contributed by atoms with van der Waals surface area (Å²) in [4.78, 5) is 13.9. The van der Waals surface area contributed by atoms with Crippen LogP contribution in [0.25, 0.3) is 0 Å². The molecule has 2 aromatic carbocycles. The average molecular weight is 312 g/mol. The molecule has 1 aliphatic rings. The number of carbonyl (C=O) groups is 1. The van der Waals surface area contributed by atoms with Crippen LogP contribution in [0.5, 0.6) is 11.5 Å². The van der Waals surface area contributed by atoms with Gasteiger partial charge in [0, 0.05) is 5.69 Å². The molecule has 23 heavy (non-hydrogen) atoms. The number of carbonyl (C=O) groups excluding carboxylic acids is 1. The number of rotatable bonds is 5. The van der Waals surface area contributed by atoms with Crippen molar-refractivity contribution in [2.45, 2.75) is 19.0 Å². The van der Waals surface area contributed by atoms with Crippen LogP contribution < -0.4 is 20.1 Å². The monoisotopic (exact) mass is 312 g/mol. The van der Waals surface area contributed by atoms with Crippen molar-refractivity contribution in [1.29, 1.82) is 0 Å². The van der Waals surface area contributed by atoms with E-state index < -0.39 is 6.04 Å². The summed E-state index contributed by atoms with van der Waals surface area (Å²) in [5.74, 6) is 1.49. The molecule has 0 radical (unpaired) electrons. The first-order chi connectivity index (χ1) is 11.2. The van der Waals surface area contributed by atoms with Crippen molar-refractivity contribution in [2.75, 3.05) is 18.6 Å². The number of β-lactam (4-membered cyclic amide) rings is 1. The molecule has 2 aromatic rings. The van der Waals surface area contributed by atoms with Crippen molar-refractivity contribution in [2.24, 2.45) is 5.73 Å². The zero-order chi connectivity index (χ0) is 16.4. The predicted molar refractivity (Wildman–Crippen MR) is 88.8 cm³/mol. The standard InChI is InChI=1S/C18H20N2O3/c1-3-23-15-10-6-13(7-11-15)20-17(16(19)18(20)21)12-4-8-14(22-2)9-5-12/h4-11,16-17H,3,19H2,1-2H3. The molecule has 2 N–H and O–H groups in total. The van der Waals surface area contributed by atoms with Gasteiger partial charge >= 0.3 is 0 Å². The fraction of sp³-hybridized carbons (Fsp3) is 0.278. The molecule has 120 valence electrons. The summed E-state index contributed by atoms with van der Waals surface area (Å²) < 4.78 is 10.6. The first-order valence-electron chi connectivity index (χ1n) is 7.61. The number of nitrogens with zero attached hydrogens (tertiary/aromatic N) is 1. The molecule has 0 spiro atoms. The van der Waals surface area contributed by atoms with Gasteiger partial charge in [0.1, 0.15) is 17.5 Å². The molecule has 0 aromatic heterocycles. The molecule has 1 heterocycles. The summed E-state index contributed by atoms with van der Waals surface area (Å²) in [6.45, 7) is 2.55. The molecule has 5 nitrogen and oxygen atoms in total. The Kier molecular flexibility index (Phi) is 4.21. The lowest BCUT2D eigenvalue weighted by Gasteiger charge is -2.45. The highest BCUT2D eigenvalue weighted by atomic mass is 16.5. The predicted octanol–water partition coefficient (Wildman–Crippen LogP) is 2.51. The Hall–Kier alpha value is -2.53. The molecular weight excluding hydrogens is 292 g/mol. The van der Waals surface area contributed by atoms with E-state index in [1.165, 1.54) is 0 Å². The molecule has 1 fully saturated rings. The number of nitrogens with two attached hydrogens (primary N) is 1. The molecular formula is C18H20N2O3. The van der Waals surface area contributed by atoms with Crippen molar-refractivity contribution in [3.63, 3.8) is 0 Å². The third-order valence-corrected chi connectivity index (χ3v) is 4.02. The van der Waals surface area contributed by atoms with Crippen LogP contribution in [0.4, 0.5) is 5.69 Å². The fourth-order valence-electron chi connectivity index (χ4n) is 2.83. The third kappa shape index (κ3) is 2.75. The lowest BCUT2D eigenvalue weighted by atomic mass is 9.88. The van der Waals surface area contributed by atoms with Gasteiger partial charge in [-0.2, -0.15) is 0 Å². The third-order valence-electron chi connectivity index (χ3n) is 4.02. The Morgan fingerprint density at radius 1 is 1.04 bits per heavy atom. The van der Waals surface area contributed by atoms with Crippen LogP contribution in [0.15, 0.2) is 48.5 Å². The van der Waals surface area contributed by atoms with Crippen LogP contribution in [0.2, 0.25) is 0 Å². The van der Waals surface area contributed by atoms with E-state index in [0.29, 0.717) is 6.61 Å². The maximum absolute atomic E-state index is 12.2. The number of anilines is 1. The van der Waals surface area contributed by atoms with Crippen molar-refractivity contribution >= 4 is 11.6 Å². The normalized spacial score (nSPS) is 20.1. The Morgan fingerprint density at radius 3 is 2.22 bits per heavy atom. The first kappa shape index (κ1) is 15.4. The maximum atomic E-state index is 12.2. The van der Waals surface area contributed by atoms with Gasteiger partial charge in [-0.15, -0.1) is 0 Å². The number of ether oxygens (including phenoxy) is 2. The van der Waals surface area contributed by atoms with Gasteiger partial charge in [0.25, 0.3) is 0 Å². The molecule has 1 amide bonds. The van der Waals surface area contributed by atoms with E-state index in [2.05, 4.69) is 0 Å². The molecule has 3 rings (SSSR count). The lowest BCUT2D eigenvalue weighted by molar-refractivity contribution is -0.126. The van der Waals surface area contributed by atoms with Crippen LogP contribution >= 0.6 is 0 Å². The Labute approximate surface area is 135 Å². The maximum Gasteiger partial charge on any atom is 0.247 e. The Balaban J connectivity index is 1.85. The van der Waals surface area contributed by atoms with E-state index in [9.17, 15) is 4.79 Å². The minimum absolute atomic E-state index is 0.0741. The van der Waals surface area contributed by atoms with E-state index in [1.54, 1.807) is 12.0 Å². The molecule has 1 aliphatic heterocycles. The van der Waals surface area contributed by atoms with E-state index in [4.69, 9.17) is 15.2 Å². The quantitative estimate of drug-likeness (QED) is 0.862. The van der Waals surface area contributed by atoms with Crippen molar-refractivity contribution in [1.82, 2.24) is 0 Å². The van der Waals surface area contributed by atoms with Crippen LogP contribution in [0.1, 0.15) is 18.5 Å². The highest BCUT2D eigenvalue weighted by Crippen LogP contribution is 2.39. The van der Waals surface area contributed by atoms with Gasteiger partial charge in [-0.1, -0.05) is 12.1 Å². The molecule has 5 heteroatoms. The summed E-state index contributed by atoms with van der Waals surface area (Å²) >= 11 is 0. The van der Waals surface area contributed by atoms with Gasteiger partial charge < -0.3 is 20.1 Å². The molecule has 0 bridgehead atoms. The van der Waals surface area contributed by atoms with Crippen LogP contribution in [0.3, 0.4) is 0 Å². The second-order valence-electron chi connectivity index (χ2n) is 5.38. The van der Waals surface area contributed by atoms with Crippen LogP contribution in [0, 0.1) is 0 Å². The Bertz CT molecular complexity index is 682. The first-order valence-corrected chi connectivity index (χ1v) is 7.61. The largest absolute Gasteiger partial charge is 0.497 e. The highest BCUT2D eigenvalue weighted by molar-refractivity contribution is 6.05. The van der Waals surface area contributed by atoms with E-state index in [1.807, 2.05) is 55.5 Å². The Morgan fingerprint density at radius 2 is 1.65 bits per heavy atom. The van der Waals surface area contributed by atoms with Crippen molar-refractivity contribution in [3.05, 3.63) is 54.1 Å². The number of hydrogen-bond acceptors (Lipinski definition) is 4. The van der Waals surface area contributed by atoms with Gasteiger partial charge in [0.15, 0.2) is 0 Å². The highest BCUT2D eigenvalue weighted by Gasteiger charge is 2.46. The molecule has 1 saturated heterocycles. The van der Waals surface area contributed by atoms with Gasteiger partial charge in [-0.25, -0.2) is 0 Å². The average Bonchev–Trinajstić information content (AvgIpc) is 2.60. The summed E-state index contributed by atoms with van der Waals surface area (Å²) in [5, 5.41) is 0. The van der Waals surface area contributed by atoms with Gasteiger partial charge in [0.2, 0.25) is 5.91 Å². The summed E-state index contributed by atoms with van der Waals surface area (Å²) in [7, 11) is 1.62. The van der Waals surface area contributed by atoms with Crippen molar-refractivity contribution in [3.8, 4) is 11.5 Å². The van der Waals surface area contributed by atoms with Gasteiger partial charge in [-0.3, -0.25) is 4.79 Å². The van der Waals surface area contributed by atoms with E-state index in [0.717, 1.165) is 22.7 Å². The van der Waals surface area contributed by atoms with E-state index >= 15 is 0 Å². The minimum Gasteiger partial charge on any atom is -0.497 e. The molecule has 2 atom stereocenters. The molecule has 0 aliphatic carbocycles. The van der Waals surface area contributed by atoms with Crippen LogP contribution in [-0.4, -0.2) is 25.7 Å². The zero-order valence-electron chi connectivity index (χ0n) is 13.2. The summed E-state index contributed by atoms with van der Waals surface area (Å²) in [6, 6.07) is 14.4. The minimum atomic E-state index is -0.519. The SMILES string of the molecule is CCOc1ccc(N2C(=O)C(N)C2c2ccc(OC)cc2)cc1. The summed E-state index contributed by atoms with van der Waals surface area (Å²) in [6.07, 6.45) is 0. The van der Waals surface area contributed by atoms with Crippen molar-refractivity contribution < 1.29 is 14.3 Å². The number of methoxy groups -OCH3 is 1. The fourth-order valence-corrected chi connectivity index (χ4v) is 2.83. The summed E-state index contributed by atoms with van der Waals surface area (Å²) in [5.41, 5.74) is 7.84. The van der Waals surface area contributed by atoms with Crippen LogP contribution in [-0.2, 0) is 4.79 Å². The number of benzene rings is 2. The smallest absolute Gasteiger partial charge is 0.247 e. The van der Waals surface area contributed by atoms with Gasteiger partial charge in [0.05, 0.1) is 19.8 Å². The van der Waals surface area contributed by atoms with Gasteiger partial charge in [-0.05, 0) is 48.9 Å². The lowest BCUT2D eigenvalue weighted by Crippen LogP contribution is -2.63. The second kappa shape index (κ2) is 6.30. The zero-order valence-corrected chi connectivity index (χ0v) is 13.2.